The lowest BCUT2D eigenvalue weighted by molar-refractivity contribution is 0.628. The van der Waals surface area contributed by atoms with Crippen molar-refractivity contribution >= 4 is 33.3 Å². The molecule has 21 heavy (non-hydrogen) atoms. The topological polar surface area (TPSA) is 54.7 Å². The first kappa shape index (κ1) is 14.1. The van der Waals surface area contributed by atoms with Crippen molar-refractivity contribution in [3.63, 3.8) is 0 Å². The predicted octanol–water partition coefficient (Wildman–Crippen LogP) is 4.88. The van der Waals surface area contributed by atoms with Crippen molar-refractivity contribution in [1.29, 1.82) is 0 Å². The van der Waals surface area contributed by atoms with Gasteiger partial charge in [0.15, 0.2) is 5.82 Å². The fourth-order valence-corrected chi connectivity index (χ4v) is 2.55. The zero-order chi connectivity index (χ0) is 15.0. The van der Waals surface area contributed by atoms with Gasteiger partial charge in [0.25, 0.3) is 0 Å². The average Bonchev–Trinajstić information content (AvgIpc) is 2.85. The summed E-state index contributed by atoms with van der Waals surface area (Å²) in [5.74, 6) is 0.0599. The van der Waals surface area contributed by atoms with E-state index in [1.807, 2.05) is 18.2 Å². The van der Waals surface area contributed by atoms with Gasteiger partial charge in [-0.25, -0.2) is 4.39 Å². The molecule has 0 aliphatic carbocycles. The summed E-state index contributed by atoms with van der Waals surface area (Å²) in [5, 5.41) is 7.54. The number of nitrogens with zero attached hydrogens (tertiary/aromatic N) is 1. The van der Waals surface area contributed by atoms with Crippen LogP contribution in [0.4, 0.5) is 10.2 Å². The van der Waals surface area contributed by atoms with Gasteiger partial charge < -0.3 is 5.73 Å². The smallest absolute Gasteiger partial charge is 0.153 e. The van der Waals surface area contributed by atoms with Crippen molar-refractivity contribution in [2.24, 2.45) is 0 Å². The van der Waals surface area contributed by atoms with Crippen LogP contribution in [-0.4, -0.2) is 10.2 Å². The quantitative estimate of drug-likeness (QED) is 0.679. The van der Waals surface area contributed by atoms with Crippen molar-refractivity contribution in [2.75, 3.05) is 5.73 Å². The van der Waals surface area contributed by atoms with E-state index in [2.05, 4.69) is 26.1 Å². The van der Waals surface area contributed by atoms with Crippen LogP contribution in [0.1, 0.15) is 0 Å². The van der Waals surface area contributed by atoms with Gasteiger partial charge >= 0.3 is 0 Å². The molecule has 1 heterocycles. The summed E-state index contributed by atoms with van der Waals surface area (Å²) in [5.41, 5.74) is 9.05. The molecule has 1 aromatic heterocycles. The van der Waals surface area contributed by atoms with E-state index < -0.39 is 0 Å². The van der Waals surface area contributed by atoms with Gasteiger partial charge in [-0.3, -0.25) is 5.10 Å². The van der Waals surface area contributed by atoms with Crippen LogP contribution >= 0.6 is 27.5 Å². The Morgan fingerprint density at radius 2 is 1.76 bits per heavy atom. The number of rotatable bonds is 2. The minimum Gasteiger partial charge on any atom is -0.382 e. The summed E-state index contributed by atoms with van der Waals surface area (Å²) in [6.45, 7) is 0. The van der Waals surface area contributed by atoms with Crippen molar-refractivity contribution < 1.29 is 4.39 Å². The minimum absolute atomic E-state index is 0.297. The number of nitrogen functional groups attached to an aromatic ring is 1. The molecule has 0 saturated carbocycles. The number of anilines is 1. The number of nitrogens with one attached hydrogen (secondary N) is 1. The molecule has 0 aliphatic heterocycles. The van der Waals surface area contributed by atoms with E-state index in [9.17, 15) is 4.39 Å². The first-order valence-electron chi connectivity index (χ1n) is 6.11. The van der Waals surface area contributed by atoms with Gasteiger partial charge in [0.05, 0.1) is 16.3 Å². The Bertz CT molecular complexity index is 799. The van der Waals surface area contributed by atoms with Crippen LogP contribution in [0.2, 0.25) is 5.02 Å². The van der Waals surface area contributed by atoms with Crippen molar-refractivity contribution in [1.82, 2.24) is 10.2 Å². The second-order valence-corrected chi connectivity index (χ2v) is 5.76. The third-order valence-corrected chi connectivity index (χ3v) is 4.37. The van der Waals surface area contributed by atoms with Crippen LogP contribution in [-0.2, 0) is 0 Å². The predicted molar refractivity (Wildman–Crippen MR) is 86.5 cm³/mol. The summed E-state index contributed by atoms with van der Waals surface area (Å²) in [7, 11) is 0. The molecule has 0 amide bonds. The van der Waals surface area contributed by atoms with Crippen LogP contribution in [0.5, 0.6) is 0 Å². The van der Waals surface area contributed by atoms with Gasteiger partial charge in [-0.2, -0.15) is 5.10 Å². The summed E-state index contributed by atoms with van der Waals surface area (Å²) < 4.78 is 13.9. The maximum atomic E-state index is 13.1. The first-order valence-corrected chi connectivity index (χ1v) is 7.28. The van der Waals surface area contributed by atoms with E-state index in [1.165, 1.54) is 12.1 Å². The first-order chi connectivity index (χ1) is 10.1. The molecular formula is C15H10BrClFN3. The Balaban J connectivity index is 2.16. The second-order valence-electron chi connectivity index (χ2n) is 4.49. The molecule has 3 nitrogen and oxygen atoms in total. The third kappa shape index (κ3) is 2.66. The third-order valence-electron chi connectivity index (χ3n) is 3.14. The second kappa shape index (κ2) is 5.50. The molecule has 2 aromatic carbocycles. The van der Waals surface area contributed by atoms with E-state index >= 15 is 0 Å². The van der Waals surface area contributed by atoms with E-state index in [1.54, 1.807) is 12.1 Å². The normalized spacial score (nSPS) is 10.8. The number of nitrogens with two attached hydrogens (primary N) is 1. The Hall–Kier alpha value is -1.85. The molecule has 3 aromatic rings. The molecular weight excluding hydrogens is 357 g/mol. The van der Waals surface area contributed by atoms with E-state index in [-0.39, 0.29) is 5.82 Å². The van der Waals surface area contributed by atoms with Gasteiger partial charge in [0.2, 0.25) is 0 Å². The number of hydrogen-bond donors (Lipinski definition) is 2. The molecule has 0 atom stereocenters. The highest BCUT2D eigenvalue weighted by atomic mass is 79.9. The van der Waals surface area contributed by atoms with E-state index in [0.717, 1.165) is 26.9 Å². The lowest BCUT2D eigenvalue weighted by Gasteiger charge is -2.06. The summed E-state index contributed by atoms with van der Waals surface area (Å²) >= 11 is 9.48. The SMILES string of the molecule is Nc1n[nH]c(-c2ccc(Br)c(Cl)c2)c1-c1ccc(F)cc1. The highest BCUT2D eigenvalue weighted by Crippen LogP contribution is 2.36. The molecule has 106 valence electrons. The lowest BCUT2D eigenvalue weighted by atomic mass is 10.0. The molecule has 0 unspecified atom stereocenters. The molecule has 3 N–H and O–H groups in total. The molecule has 3 rings (SSSR count). The standard InChI is InChI=1S/C15H10BrClFN3/c16-11-6-3-9(7-12(11)17)14-13(15(19)21-20-14)8-1-4-10(18)5-2-8/h1-7H,(H3,19,20,21). The molecule has 0 spiro atoms. The minimum atomic E-state index is -0.297. The monoisotopic (exact) mass is 365 g/mol. The maximum absolute atomic E-state index is 13.1. The summed E-state index contributed by atoms with van der Waals surface area (Å²) in [6.07, 6.45) is 0. The zero-order valence-electron chi connectivity index (χ0n) is 10.7. The number of halogens is 3. The number of H-pyrrole nitrogens is 1. The lowest BCUT2D eigenvalue weighted by Crippen LogP contribution is -1.89. The summed E-state index contributed by atoms with van der Waals surface area (Å²) in [4.78, 5) is 0. The highest BCUT2D eigenvalue weighted by Gasteiger charge is 2.15. The Morgan fingerprint density at radius 3 is 2.43 bits per heavy atom. The van der Waals surface area contributed by atoms with E-state index in [4.69, 9.17) is 17.3 Å². The summed E-state index contributed by atoms with van der Waals surface area (Å²) in [6, 6.07) is 11.7. The Labute approximate surface area is 134 Å². The van der Waals surface area contributed by atoms with Gasteiger partial charge in [0.1, 0.15) is 5.82 Å². The largest absolute Gasteiger partial charge is 0.382 e. The van der Waals surface area contributed by atoms with Gasteiger partial charge in [-0.15, -0.1) is 0 Å². The van der Waals surface area contributed by atoms with Crippen LogP contribution in [0.15, 0.2) is 46.9 Å². The fourth-order valence-electron chi connectivity index (χ4n) is 2.13. The van der Waals surface area contributed by atoms with Gasteiger partial charge in [-0.05, 0) is 45.8 Å². The number of aromatic amines is 1. The zero-order valence-corrected chi connectivity index (χ0v) is 13.0. The number of aromatic nitrogens is 2. The Kier molecular flexibility index (Phi) is 3.69. The number of hydrogen-bond acceptors (Lipinski definition) is 2. The Morgan fingerprint density at radius 1 is 1.10 bits per heavy atom. The van der Waals surface area contributed by atoms with Crippen molar-refractivity contribution in [3.8, 4) is 22.4 Å². The van der Waals surface area contributed by atoms with Gasteiger partial charge in [-0.1, -0.05) is 29.8 Å². The van der Waals surface area contributed by atoms with E-state index in [0.29, 0.717) is 10.8 Å². The maximum Gasteiger partial charge on any atom is 0.153 e. The average molecular weight is 367 g/mol. The molecule has 0 radical (unpaired) electrons. The molecule has 6 heteroatoms. The fraction of sp³-hybridized carbons (Fsp3) is 0. The van der Waals surface area contributed by atoms with Crippen molar-refractivity contribution in [2.45, 2.75) is 0 Å². The van der Waals surface area contributed by atoms with Crippen LogP contribution in [0.3, 0.4) is 0 Å². The van der Waals surface area contributed by atoms with Crippen LogP contribution < -0.4 is 5.73 Å². The molecule has 0 saturated heterocycles. The van der Waals surface area contributed by atoms with Crippen LogP contribution in [0, 0.1) is 5.82 Å². The van der Waals surface area contributed by atoms with Gasteiger partial charge in [0, 0.05) is 10.0 Å². The number of benzene rings is 2. The molecule has 0 fully saturated rings. The highest BCUT2D eigenvalue weighted by molar-refractivity contribution is 9.10. The van der Waals surface area contributed by atoms with Crippen LogP contribution in [0.25, 0.3) is 22.4 Å². The molecule has 0 aliphatic rings. The molecule has 0 bridgehead atoms. The van der Waals surface area contributed by atoms with Crippen molar-refractivity contribution in [3.05, 3.63) is 57.8 Å².